The maximum Gasteiger partial charge on any atom is 0.417 e. The van der Waals surface area contributed by atoms with Crippen LogP contribution in [0.1, 0.15) is 32.3 Å². The van der Waals surface area contributed by atoms with Crippen LogP contribution in [0, 0.1) is 5.92 Å². The van der Waals surface area contributed by atoms with Crippen molar-refractivity contribution in [1.82, 2.24) is 4.90 Å². The van der Waals surface area contributed by atoms with Crippen molar-refractivity contribution in [3.05, 3.63) is 46.5 Å². The van der Waals surface area contributed by atoms with E-state index in [0.29, 0.717) is 13.0 Å². The van der Waals surface area contributed by atoms with Crippen LogP contribution in [0.25, 0.3) is 0 Å². The van der Waals surface area contributed by atoms with Crippen molar-refractivity contribution in [1.29, 1.82) is 0 Å². The fraction of sp³-hybridized carbons (Fsp3) is 0.593. The number of hydrogen-bond donors (Lipinski definition) is 2. The lowest BCUT2D eigenvalue weighted by Gasteiger charge is -2.38. The van der Waals surface area contributed by atoms with E-state index in [0.717, 1.165) is 16.5 Å². The van der Waals surface area contributed by atoms with E-state index in [9.17, 15) is 24.6 Å². The van der Waals surface area contributed by atoms with Gasteiger partial charge in [-0.25, -0.2) is 9.69 Å². The summed E-state index contributed by atoms with van der Waals surface area (Å²) in [7, 11) is 1.22. The second-order valence-electron chi connectivity index (χ2n) is 9.75. The normalized spacial score (nSPS) is 25.0. The highest BCUT2D eigenvalue weighted by atomic mass is 79.9. The van der Waals surface area contributed by atoms with Crippen molar-refractivity contribution in [3.8, 4) is 0 Å². The van der Waals surface area contributed by atoms with E-state index < -0.39 is 47.9 Å². The van der Waals surface area contributed by atoms with Crippen molar-refractivity contribution in [2.45, 2.75) is 63.4 Å². The van der Waals surface area contributed by atoms with Crippen LogP contribution < -0.4 is 0 Å². The Bertz CT molecular complexity index is 1020. The molecule has 2 aliphatic rings. The zero-order chi connectivity index (χ0) is 28.6. The van der Waals surface area contributed by atoms with E-state index in [-0.39, 0.29) is 43.2 Å². The number of ether oxygens (including phenoxy) is 5. The Balaban J connectivity index is 1.55. The maximum absolute atomic E-state index is 13.3. The van der Waals surface area contributed by atoms with Gasteiger partial charge in [-0.15, -0.1) is 0 Å². The topological polar surface area (TPSA) is 141 Å². The number of halogens is 1. The number of carbonyl (C=O) groups excluding carboxylic acids is 3. The molecule has 0 unspecified atom stereocenters. The number of cyclic esters (lactones) is 1. The Morgan fingerprint density at radius 3 is 2.62 bits per heavy atom. The first-order valence-corrected chi connectivity index (χ1v) is 13.6. The molecule has 2 aliphatic heterocycles. The van der Waals surface area contributed by atoms with Crippen LogP contribution in [0.15, 0.2) is 40.9 Å². The van der Waals surface area contributed by atoms with Gasteiger partial charge in [0.15, 0.2) is 23.8 Å². The monoisotopic (exact) mass is 613 g/mol. The molecule has 0 aliphatic carbocycles. The van der Waals surface area contributed by atoms with Crippen molar-refractivity contribution in [3.63, 3.8) is 0 Å². The second kappa shape index (κ2) is 14.4. The molecule has 216 valence electrons. The molecule has 5 atom stereocenters. The van der Waals surface area contributed by atoms with Gasteiger partial charge in [-0.05, 0) is 39.9 Å². The number of aliphatic hydroxyl groups is 2. The molecule has 2 heterocycles. The zero-order valence-electron chi connectivity index (χ0n) is 22.3. The third kappa shape index (κ3) is 7.94. The van der Waals surface area contributed by atoms with Gasteiger partial charge >= 0.3 is 6.09 Å². The number of hydrogen-bond acceptors (Lipinski definition) is 10. The van der Waals surface area contributed by atoms with Gasteiger partial charge < -0.3 is 33.9 Å². The first kappa shape index (κ1) is 31.3. The summed E-state index contributed by atoms with van der Waals surface area (Å²) in [5, 5.41) is 20.8. The molecule has 1 aromatic rings. The first-order valence-electron chi connectivity index (χ1n) is 12.8. The number of carbonyl (C=O) groups is 3. The molecule has 3 rings (SSSR count). The number of aliphatic hydroxyl groups excluding tert-OH is 1. The van der Waals surface area contributed by atoms with Crippen molar-refractivity contribution in [2.75, 3.05) is 33.5 Å². The number of imide groups is 1. The molecule has 0 spiro atoms. The van der Waals surface area contributed by atoms with E-state index in [4.69, 9.17) is 23.7 Å². The molecule has 0 radical (unpaired) electrons. The molecule has 1 aromatic carbocycles. The van der Waals surface area contributed by atoms with Crippen LogP contribution in [0.4, 0.5) is 4.79 Å². The van der Waals surface area contributed by atoms with Crippen molar-refractivity contribution < 1.29 is 48.3 Å². The van der Waals surface area contributed by atoms with Crippen molar-refractivity contribution >= 4 is 33.7 Å². The highest BCUT2D eigenvalue weighted by Gasteiger charge is 2.50. The van der Waals surface area contributed by atoms with E-state index in [2.05, 4.69) is 15.9 Å². The predicted octanol–water partition coefficient (Wildman–Crippen LogP) is 2.31. The molecule has 11 nitrogen and oxygen atoms in total. The van der Waals surface area contributed by atoms with Gasteiger partial charge in [0, 0.05) is 20.1 Å². The quantitative estimate of drug-likeness (QED) is 0.300. The summed E-state index contributed by atoms with van der Waals surface area (Å²) in [6.07, 6.45) is -2.81. The molecule has 1 saturated heterocycles. The average Bonchev–Trinajstić information content (AvgIpc) is 3.31. The maximum atomic E-state index is 13.3. The Kier molecular flexibility index (Phi) is 11.6. The van der Waals surface area contributed by atoms with Gasteiger partial charge in [0.1, 0.15) is 12.7 Å². The third-order valence-corrected chi connectivity index (χ3v) is 7.42. The Morgan fingerprint density at radius 1 is 1.26 bits per heavy atom. The summed E-state index contributed by atoms with van der Waals surface area (Å²) in [6.45, 7) is 4.20. The van der Waals surface area contributed by atoms with Crippen LogP contribution in [0.5, 0.6) is 0 Å². The SMILES string of the molecule is CO[C@H](C(=O)N1C(=O)OC[C@@H]1C(C)C)[C@@H]1O[C@](O)(CCCOC[C@@H](CO)OCc2ccccc2)C(Br)=CC1=O. The number of benzene rings is 1. The van der Waals surface area contributed by atoms with Crippen LogP contribution in [0.2, 0.25) is 0 Å². The fourth-order valence-corrected chi connectivity index (χ4v) is 4.79. The standard InChI is InChI=1S/C27H36BrNO10/c1-17(2)20-16-38-26(33)29(20)25(32)24(35-3)23-21(31)12-22(28)27(34,39-23)10-7-11-36-15-19(13-30)37-14-18-8-5-4-6-9-18/h4-6,8-9,12,17,19-20,23-24,30,34H,7,10-11,13-16H2,1-3H3/t19-,20-,23-,24+,27-/m1/s1. The van der Waals surface area contributed by atoms with E-state index in [1.165, 1.54) is 7.11 Å². The van der Waals surface area contributed by atoms with Gasteiger partial charge in [-0.1, -0.05) is 44.2 Å². The van der Waals surface area contributed by atoms with Gasteiger partial charge in [0.2, 0.25) is 0 Å². The minimum atomic E-state index is -1.93. The Morgan fingerprint density at radius 2 is 1.97 bits per heavy atom. The predicted molar refractivity (Wildman–Crippen MR) is 142 cm³/mol. The lowest BCUT2D eigenvalue weighted by atomic mass is 9.98. The molecular formula is C27H36BrNO10. The van der Waals surface area contributed by atoms with Crippen LogP contribution in [0.3, 0.4) is 0 Å². The summed E-state index contributed by atoms with van der Waals surface area (Å²) in [5.74, 6) is -3.39. The summed E-state index contributed by atoms with van der Waals surface area (Å²) in [5.41, 5.74) is 0.975. The fourth-order valence-electron chi connectivity index (χ4n) is 4.28. The molecular weight excluding hydrogens is 578 g/mol. The minimum Gasteiger partial charge on any atom is -0.447 e. The zero-order valence-corrected chi connectivity index (χ0v) is 23.9. The van der Waals surface area contributed by atoms with Crippen LogP contribution in [-0.2, 0) is 39.9 Å². The molecule has 39 heavy (non-hydrogen) atoms. The molecule has 2 N–H and O–H groups in total. The third-order valence-electron chi connectivity index (χ3n) is 6.57. The Hall–Kier alpha value is -2.19. The highest BCUT2D eigenvalue weighted by Crippen LogP contribution is 2.36. The van der Waals surface area contributed by atoms with Gasteiger partial charge in [-0.3, -0.25) is 9.59 Å². The number of ketones is 1. The first-order chi connectivity index (χ1) is 18.6. The highest BCUT2D eigenvalue weighted by molar-refractivity contribution is 9.11. The van der Waals surface area contributed by atoms with Gasteiger partial charge in [0.25, 0.3) is 5.91 Å². The van der Waals surface area contributed by atoms with Gasteiger partial charge in [-0.2, -0.15) is 0 Å². The van der Waals surface area contributed by atoms with E-state index in [1.54, 1.807) is 0 Å². The summed E-state index contributed by atoms with van der Waals surface area (Å²) >= 11 is 3.20. The number of amides is 2. The number of methoxy groups -OCH3 is 1. The lowest BCUT2D eigenvalue weighted by Crippen LogP contribution is -2.57. The second-order valence-corrected chi connectivity index (χ2v) is 10.6. The van der Waals surface area contributed by atoms with Crippen LogP contribution >= 0.6 is 15.9 Å². The minimum absolute atomic E-state index is 0.0214. The summed E-state index contributed by atoms with van der Waals surface area (Å²) < 4.78 is 27.5. The van der Waals surface area contributed by atoms with Gasteiger partial charge in [0.05, 0.1) is 30.3 Å². The molecule has 1 fully saturated rings. The number of nitrogens with zero attached hydrogens (tertiary/aromatic N) is 1. The smallest absolute Gasteiger partial charge is 0.417 e. The van der Waals surface area contributed by atoms with E-state index >= 15 is 0 Å². The average molecular weight is 614 g/mol. The number of rotatable bonds is 14. The molecule has 0 bridgehead atoms. The van der Waals surface area contributed by atoms with Crippen LogP contribution in [-0.4, -0.2) is 96.6 Å². The van der Waals surface area contributed by atoms with E-state index in [1.807, 2.05) is 44.2 Å². The molecule has 12 heteroatoms. The van der Waals surface area contributed by atoms with Crippen molar-refractivity contribution in [2.24, 2.45) is 5.92 Å². The molecule has 0 saturated carbocycles. The molecule has 2 amide bonds. The summed E-state index contributed by atoms with van der Waals surface area (Å²) in [4.78, 5) is 39.3. The Labute approximate surface area is 236 Å². The lowest BCUT2D eigenvalue weighted by molar-refractivity contribution is -0.227. The largest absolute Gasteiger partial charge is 0.447 e. The summed E-state index contributed by atoms with van der Waals surface area (Å²) in [6, 6.07) is 9.04. The molecule has 0 aromatic heterocycles.